The maximum atomic E-state index is 5.21. The minimum Gasteiger partial charge on any atom is -0.334 e. The van der Waals surface area contributed by atoms with Gasteiger partial charge in [-0.2, -0.15) is 4.98 Å². The van der Waals surface area contributed by atoms with Crippen LogP contribution in [0, 0.1) is 6.92 Å². The van der Waals surface area contributed by atoms with Gasteiger partial charge in [-0.15, -0.1) is 0 Å². The van der Waals surface area contributed by atoms with Crippen LogP contribution in [0.5, 0.6) is 0 Å². The van der Waals surface area contributed by atoms with Crippen LogP contribution in [0.25, 0.3) is 11.5 Å². The first-order valence-electron chi connectivity index (χ1n) is 5.24. The molecule has 1 heterocycles. The zero-order chi connectivity index (χ0) is 10.3. The lowest BCUT2D eigenvalue weighted by Crippen LogP contribution is -1.86. The van der Waals surface area contributed by atoms with E-state index < -0.39 is 0 Å². The molecule has 3 rings (SSSR count). The molecule has 0 atom stereocenters. The highest BCUT2D eigenvalue weighted by Crippen LogP contribution is 2.43. The molecule has 76 valence electrons. The molecule has 1 saturated carbocycles. The Labute approximate surface area is 88.1 Å². The molecule has 1 fully saturated rings. The van der Waals surface area contributed by atoms with E-state index in [9.17, 15) is 0 Å². The molecule has 3 nitrogen and oxygen atoms in total. The summed E-state index contributed by atoms with van der Waals surface area (Å²) >= 11 is 0. The molecule has 0 saturated heterocycles. The fraction of sp³-hybridized carbons (Fsp3) is 0.333. The van der Waals surface area contributed by atoms with Crippen molar-refractivity contribution >= 4 is 0 Å². The van der Waals surface area contributed by atoms with Gasteiger partial charge in [-0.3, -0.25) is 0 Å². The van der Waals surface area contributed by atoms with E-state index in [0.717, 1.165) is 5.56 Å². The largest absolute Gasteiger partial charge is 0.334 e. The summed E-state index contributed by atoms with van der Waals surface area (Å²) in [7, 11) is 0. The van der Waals surface area contributed by atoms with Crippen molar-refractivity contribution < 1.29 is 4.52 Å². The highest BCUT2D eigenvalue weighted by atomic mass is 16.5. The zero-order valence-corrected chi connectivity index (χ0v) is 8.60. The molecule has 0 spiro atoms. The van der Waals surface area contributed by atoms with Crippen molar-refractivity contribution in [1.29, 1.82) is 0 Å². The molecule has 1 aliphatic carbocycles. The predicted molar refractivity (Wildman–Crippen MR) is 56.4 cm³/mol. The van der Waals surface area contributed by atoms with Crippen LogP contribution < -0.4 is 0 Å². The molecule has 0 aliphatic heterocycles. The summed E-state index contributed by atoms with van der Waals surface area (Å²) in [4.78, 5) is 4.27. The van der Waals surface area contributed by atoms with Crippen LogP contribution in [0.2, 0.25) is 0 Å². The lowest BCUT2D eigenvalue weighted by atomic mass is 10.0. The quantitative estimate of drug-likeness (QED) is 0.748. The molecule has 1 aromatic carbocycles. The van der Waals surface area contributed by atoms with Gasteiger partial charge in [0.2, 0.25) is 0 Å². The van der Waals surface area contributed by atoms with Crippen molar-refractivity contribution in [2.45, 2.75) is 25.7 Å². The Balaban J connectivity index is 2.10. The first kappa shape index (κ1) is 8.65. The Hall–Kier alpha value is -1.64. The summed E-state index contributed by atoms with van der Waals surface area (Å²) in [5.41, 5.74) is 2.45. The smallest absolute Gasteiger partial charge is 0.258 e. The van der Waals surface area contributed by atoms with Crippen molar-refractivity contribution in [3.8, 4) is 11.5 Å². The highest BCUT2D eigenvalue weighted by molar-refractivity contribution is 5.60. The van der Waals surface area contributed by atoms with Gasteiger partial charge in [0.1, 0.15) is 0 Å². The summed E-state index contributed by atoms with van der Waals surface area (Å²) in [6.07, 6.45) is 2.56. The molecule has 2 aromatic rings. The average molecular weight is 200 g/mol. The third kappa shape index (κ3) is 1.54. The summed E-state index contributed by atoms with van der Waals surface area (Å²) in [5.74, 6) is 2.04. The molecule has 0 amide bonds. The molecular weight excluding hydrogens is 188 g/mol. The van der Waals surface area contributed by atoms with Gasteiger partial charge < -0.3 is 4.52 Å². The average Bonchev–Trinajstić information content (AvgIpc) is 3.02. The van der Waals surface area contributed by atoms with Crippen LogP contribution >= 0.6 is 0 Å². The Bertz CT molecular complexity index is 486. The number of aryl methyl sites for hydroxylation is 1. The number of nitrogens with zero attached hydrogens (tertiary/aromatic N) is 2. The first-order valence-corrected chi connectivity index (χ1v) is 5.24. The SMILES string of the molecule is Cc1noc(-c2ccccc2C2CC2)n1. The Morgan fingerprint density at radius 1 is 1.27 bits per heavy atom. The van der Waals surface area contributed by atoms with Gasteiger partial charge in [-0.05, 0) is 37.3 Å². The van der Waals surface area contributed by atoms with E-state index >= 15 is 0 Å². The standard InChI is InChI=1S/C12H12N2O/c1-8-13-12(15-14-8)11-5-3-2-4-10(11)9-6-7-9/h2-5,9H,6-7H2,1H3. The lowest BCUT2D eigenvalue weighted by Gasteiger charge is -2.02. The topological polar surface area (TPSA) is 38.9 Å². The minimum atomic E-state index is 0.648. The summed E-state index contributed by atoms with van der Waals surface area (Å²) in [6, 6.07) is 8.30. The second-order valence-electron chi connectivity index (χ2n) is 4.01. The van der Waals surface area contributed by atoms with E-state index in [4.69, 9.17) is 4.52 Å². The van der Waals surface area contributed by atoms with Crippen LogP contribution in [-0.4, -0.2) is 10.1 Å². The number of hydrogen-bond acceptors (Lipinski definition) is 3. The van der Waals surface area contributed by atoms with E-state index in [1.165, 1.54) is 18.4 Å². The fourth-order valence-electron chi connectivity index (χ4n) is 1.85. The third-order valence-electron chi connectivity index (χ3n) is 2.74. The second kappa shape index (κ2) is 3.19. The summed E-state index contributed by atoms with van der Waals surface area (Å²) < 4.78 is 5.21. The first-order chi connectivity index (χ1) is 7.34. The fourth-order valence-corrected chi connectivity index (χ4v) is 1.85. The van der Waals surface area contributed by atoms with Gasteiger partial charge >= 0.3 is 0 Å². The van der Waals surface area contributed by atoms with Crippen molar-refractivity contribution in [1.82, 2.24) is 10.1 Å². The van der Waals surface area contributed by atoms with Gasteiger partial charge in [0.25, 0.3) is 5.89 Å². The van der Waals surface area contributed by atoms with Gasteiger partial charge in [0, 0.05) is 5.56 Å². The third-order valence-corrected chi connectivity index (χ3v) is 2.74. The monoisotopic (exact) mass is 200 g/mol. The Morgan fingerprint density at radius 3 is 2.73 bits per heavy atom. The molecule has 3 heteroatoms. The van der Waals surface area contributed by atoms with E-state index in [1.54, 1.807) is 0 Å². The maximum absolute atomic E-state index is 5.21. The van der Waals surface area contributed by atoms with Crippen LogP contribution in [0.3, 0.4) is 0 Å². The van der Waals surface area contributed by atoms with Gasteiger partial charge in [0.15, 0.2) is 5.82 Å². The lowest BCUT2D eigenvalue weighted by molar-refractivity contribution is 0.425. The summed E-state index contributed by atoms with van der Waals surface area (Å²) in [5, 5.41) is 3.83. The number of rotatable bonds is 2. The Morgan fingerprint density at radius 2 is 2.07 bits per heavy atom. The number of benzene rings is 1. The molecule has 0 bridgehead atoms. The van der Waals surface area contributed by atoms with Crippen molar-refractivity contribution in [3.05, 3.63) is 35.7 Å². The maximum Gasteiger partial charge on any atom is 0.258 e. The van der Waals surface area contributed by atoms with E-state index in [2.05, 4.69) is 28.3 Å². The molecule has 15 heavy (non-hydrogen) atoms. The van der Waals surface area contributed by atoms with Crippen LogP contribution in [0.4, 0.5) is 0 Å². The molecule has 0 unspecified atom stereocenters. The van der Waals surface area contributed by atoms with Crippen molar-refractivity contribution in [2.24, 2.45) is 0 Å². The van der Waals surface area contributed by atoms with Crippen LogP contribution in [0.15, 0.2) is 28.8 Å². The summed E-state index contributed by atoms with van der Waals surface area (Å²) in [6.45, 7) is 1.84. The second-order valence-corrected chi connectivity index (χ2v) is 4.01. The molecule has 0 radical (unpaired) electrons. The number of aromatic nitrogens is 2. The zero-order valence-electron chi connectivity index (χ0n) is 8.60. The molecule has 1 aromatic heterocycles. The van der Waals surface area contributed by atoms with Gasteiger partial charge in [0.05, 0.1) is 0 Å². The van der Waals surface area contributed by atoms with E-state index in [0.29, 0.717) is 17.6 Å². The minimum absolute atomic E-state index is 0.648. The predicted octanol–water partition coefficient (Wildman–Crippen LogP) is 2.92. The Kier molecular flexibility index (Phi) is 1.84. The van der Waals surface area contributed by atoms with Gasteiger partial charge in [-0.1, -0.05) is 23.4 Å². The molecule has 1 aliphatic rings. The van der Waals surface area contributed by atoms with Gasteiger partial charge in [-0.25, -0.2) is 0 Å². The van der Waals surface area contributed by atoms with Crippen LogP contribution in [-0.2, 0) is 0 Å². The van der Waals surface area contributed by atoms with Crippen molar-refractivity contribution in [2.75, 3.05) is 0 Å². The molecular formula is C12H12N2O. The van der Waals surface area contributed by atoms with Crippen LogP contribution in [0.1, 0.15) is 30.1 Å². The molecule has 0 N–H and O–H groups in total. The van der Waals surface area contributed by atoms with Crippen molar-refractivity contribution in [3.63, 3.8) is 0 Å². The van der Waals surface area contributed by atoms with E-state index in [1.807, 2.05) is 13.0 Å². The normalized spacial score (nSPS) is 15.5. The number of hydrogen-bond donors (Lipinski definition) is 0. The highest BCUT2D eigenvalue weighted by Gasteiger charge is 2.27. The van der Waals surface area contributed by atoms with E-state index in [-0.39, 0.29) is 0 Å².